The number of hydrogen-bond acceptors (Lipinski definition) is 6. The number of aliphatic hydroxyl groups is 1. The predicted octanol–water partition coefficient (Wildman–Crippen LogP) is 1.64. The highest BCUT2D eigenvalue weighted by molar-refractivity contribution is 7.99. The Hall–Kier alpha value is -0.850. The van der Waals surface area contributed by atoms with Crippen LogP contribution in [0.1, 0.15) is 25.5 Å². The van der Waals surface area contributed by atoms with Crippen molar-refractivity contribution in [3.05, 3.63) is 11.8 Å². The Morgan fingerprint density at radius 1 is 1.50 bits per heavy atom. The Morgan fingerprint density at radius 2 is 2.28 bits per heavy atom. The van der Waals surface area contributed by atoms with Crippen LogP contribution >= 0.6 is 11.8 Å². The van der Waals surface area contributed by atoms with E-state index in [1.807, 2.05) is 6.92 Å². The van der Waals surface area contributed by atoms with Crippen molar-refractivity contribution in [3.8, 4) is 0 Å². The Morgan fingerprint density at radius 3 is 2.94 bits per heavy atom. The van der Waals surface area contributed by atoms with E-state index in [4.69, 9.17) is 10.5 Å². The fraction of sp³-hybridized carbons (Fsp3) is 0.667. The van der Waals surface area contributed by atoms with Gasteiger partial charge in [0.1, 0.15) is 5.82 Å². The van der Waals surface area contributed by atoms with Crippen LogP contribution in [0.4, 0.5) is 5.82 Å². The van der Waals surface area contributed by atoms with E-state index >= 15 is 0 Å². The van der Waals surface area contributed by atoms with Crippen LogP contribution in [-0.2, 0) is 4.74 Å². The molecule has 0 saturated carbocycles. The van der Waals surface area contributed by atoms with E-state index in [1.165, 1.54) is 11.8 Å². The number of aromatic nitrogens is 2. The van der Waals surface area contributed by atoms with E-state index < -0.39 is 6.10 Å². The molecule has 0 fully saturated rings. The zero-order chi connectivity index (χ0) is 13.4. The van der Waals surface area contributed by atoms with Gasteiger partial charge in [-0.25, -0.2) is 9.97 Å². The lowest BCUT2D eigenvalue weighted by Crippen LogP contribution is -2.18. The first-order valence-electron chi connectivity index (χ1n) is 6.11. The molecule has 0 radical (unpaired) electrons. The summed E-state index contributed by atoms with van der Waals surface area (Å²) in [6.07, 6.45) is 1.62. The zero-order valence-corrected chi connectivity index (χ0v) is 11.7. The molecular formula is C12H21N3O2S. The normalized spacial score (nSPS) is 12.6. The summed E-state index contributed by atoms with van der Waals surface area (Å²) < 4.78 is 5.34. The second kappa shape index (κ2) is 8.29. The van der Waals surface area contributed by atoms with Gasteiger partial charge in [-0.1, -0.05) is 25.1 Å². The number of anilines is 1. The van der Waals surface area contributed by atoms with Gasteiger partial charge in [0.2, 0.25) is 0 Å². The molecule has 0 bridgehead atoms. The maximum atomic E-state index is 9.72. The van der Waals surface area contributed by atoms with Gasteiger partial charge in [0.05, 0.1) is 12.7 Å². The average Bonchev–Trinajstić information content (AvgIpc) is 2.31. The summed E-state index contributed by atoms with van der Waals surface area (Å²) in [4.78, 5) is 8.33. The van der Waals surface area contributed by atoms with Gasteiger partial charge in [0.25, 0.3) is 0 Å². The summed E-state index contributed by atoms with van der Waals surface area (Å²) in [7, 11) is 0. The molecule has 0 saturated heterocycles. The van der Waals surface area contributed by atoms with Crippen LogP contribution in [0.25, 0.3) is 0 Å². The van der Waals surface area contributed by atoms with Crippen LogP contribution in [0.15, 0.2) is 11.2 Å². The van der Waals surface area contributed by atoms with E-state index in [0.717, 1.165) is 18.5 Å². The number of thioether (sulfide) groups is 1. The summed E-state index contributed by atoms with van der Waals surface area (Å²) in [6, 6.07) is 1.72. The third-order valence-corrected chi connectivity index (χ3v) is 3.20. The smallest absolute Gasteiger partial charge is 0.189 e. The number of aliphatic hydroxyl groups excluding tert-OH is 1. The van der Waals surface area contributed by atoms with Crippen LogP contribution in [0, 0.1) is 6.92 Å². The highest BCUT2D eigenvalue weighted by atomic mass is 32.2. The fourth-order valence-corrected chi connectivity index (χ4v) is 2.13. The highest BCUT2D eigenvalue weighted by Crippen LogP contribution is 2.16. The molecule has 1 heterocycles. The van der Waals surface area contributed by atoms with E-state index in [1.54, 1.807) is 6.07 Å². The molecule has 0 amide bonds. The van der Waals surface area contributed by atoms with Crippen molar-refractivity contribution < 1.29 is 9.84 Å². The van der Waals surface area contributed by atoms with E-state index in [0.29, 0.717) is 29.9 Å². The molecule has 1 atom stereocenters. The quantitative estimate of drug-likeness (QED) is 0.425. The van der Waals surface area contributed by atoms with Gasteiger partial charge in [-0.05, 0) is 13.3 Å². The topological polar surface area (TPSA) is 81.3 Å². The summed E-state index contributed by atoms with van der Waals surface area (Å²) in [6.45, 7) is 5.03. The molecule has 0 aliphatic heterocycles. The van der Waals surface area contributed by atoms with Gasteiger partial charge in [-0.15, -0.1) is 0 Å². The fourth-order valence-electron chi connectivity index (χ4n) is 1.31. The first-order valence-corrected chi connectivity index (χ1v) is 7.10. The number of aryl methyl sites for hydroxylation is 1. The van der Waals surface area contributed by atoms with Crippen molar-refractivity contribution in [3.63, 3.8) is 0 Å². The van der Waals surface area contributed by atoms with Gasteiger partial charge in [-0.2, -0.15) is 0 Å². The number of ether oxygens (including phenoxy) is 1. The summed E-state index contributed by atoms with van der Waals surface area (Å²) >= 11 is 1.39. The minimum absolute atomic E-state index is 0.355. The van der Waals surface area contributed by atoms with E-state index in [9.17, 15) is 5.11 Å². The Labute approximate surface area is 112 Å². The summed E-state index contributed by atoms with van der Waals surface area (Å²) in [5, 5.41) is 10.3. The lowest BCUT2D eigenvalue weighted by atomic mass is 10.3. The molecule has 1 unspecified atom stereocenters. The molecule has 3 N–H and O–H groups in total. The molecule has 0 aliphatic carbocycles. The van der Waals surface area contributed by atoms with Gasteiger partial charge < -0.3 is 15.6 Å². The number of rotatable bonds is 8. The molecule has 1 aromatic heterocycles. The van der Waals surface area contributed by atoms with Gasteiger partial charge >= 0.3 is 0 Å². The SMILES string of the molecule is CCCCOCC(O)CSc1nc(C)cc(N)n1. The van der Waals surface area contributed by atoms with Crippen LogP contribution in [0.3, 0.4) is 0 Å². The van der Waals surface area contributed by atoms with Crippen molar-refractivity contribution in [1.82, 2.24) is 9.97 Å². The maximum Gasteiger partial charge on any atom is 0.189 e. The predicted molar refractivity (Wildman–Crippen MR) is 73.6 cm³/mol. The number of hydrogen-bond donors (Lipinski definition) is 2. The highest BCUT2D eigenvalue weighted by Gasteiger charge is 2.07. The minimum atomic E-state index is -0.503. The van der Waals surface area contributed by atoms with Crippen molar-refractivity contribution in [2.45, 2.75) is 37.9 Å². The number of nitrogens with zero attached hydrogens (tertiary/aromatic N) is 2. The second-order valence-electron chi connectivity index (χ2n) is 4.11. The Kier molecular flexibility index (Phi) is 7.00. The minimum Gasteiger partial charge on any atom is -0.390 e. The maximum absolute atomic E-state index is 9.72. The van der Waals surface area contributed by atoms with Crippen LogP contribution in [0.5, 0.6) is 0 Å². The number of unbranched alkanes of at least 4 members (excludes halogenated alkanes) is 1. The third kappa shape index (κ3) is 6.18. The first-order chi connectivity index (χ1) is 8.61. The van der Waals surface area contributed by atoms with E-state index in [2.05, 4.69) is 16.9 Å². The average molecular weight is 271 g/mol. The third-order valence-electron chi connectivity index (χ3n) is 2.21. The van der Waals surface area contributed by atoms with Crippen molar-refractivity contribution in [1.29, 1.82) is 0 Å². The molecule has 5 nitrogen and oxygen atoms in total. The van der Waals surface area contributed by atoms with Gasteiger partial charge in [0.15, 0.2) is 5.16 Å². The molecule has 0 aromatic carbocycles. The van der Waals surface area contributed by atoms with Crippen molar-refractivity contribution in [2.75, 3.05) is 24.7 Å². The van der Waals surface area contributed by atoms with Gasteiger partial charge in [-0.3, -0.25) is 0 Å². The summed E-state index contributed by atoms with van der Waals surface area (Å²) in [5.41, 5.74) is 6.46. The lowest BCUT2D eigenvalue weighted by Gasteiger charge is -2.10. The number of nitrogens with two attached hydrogens (primary N) is 1. The monoisotopic (exact) mass is 271 g/mol. The van der Waals surface area contributed by atoms with E-state index in [-0.39, 0.29) is 0 Å². The molecule has 1 aromatic rings. The van der Waals surface area contributed by atoms with Crippen molar-refractivity contribution >= 4 is 17.6 Å². The van der Waals surface area contributed by atoms with Crippen molar-refractivity contribution in [2.24, 2.45) is 0 Å². The molecule has 102 valence electrons. The zero-order valence-electron chi connectivity index (χ0n) is 10.9. The van der Waals surface area contributed by atoms with Gasteiger partial charge in [0, 0.05) is 24.1 Å². The molecular weight excluding hydrogens is 250 g/mol. The molecule has 6 heteroatoms. The van der Waals surface area contributed by atoms with Crippen LogP contribution in [-0.4, -0.2) is 40.1 Å². The molecule has 18 heavy (non-hydrogen) atoms. The molecule has 1 rings (SSSR count). The standard InChI is InChI=1S/C12H21N3O2S/c1-3-4-5-17-7-10(16)8-18-12-14-9(2)6-11(13)15-12/h6,10,16H,3-5,7-8H2,1-2H3,(H2,13,14,15). The van der Waals surface area contributed by atoms with Crippen LogP contribution < -0.4 is 5.73 Å². The Balaban J connectivity index is 2.26. The Bertz CT molecular complexity index is 343. The molecule has 0 spiro atoms. The molecule has 0 aliphatic rings. The number of nitrogen functional groups attached to an aromatic ring is 1. The largest absolute Gasteiger partial charge is 0.390 e. The summed E-state index contributed by atoms with van der Waals surface area (Å²) in [5.74, 6) is 0.966. The lowest BCUT2D eigenvalue weighted by molar-refractivity contribution is 0.0473. The second-order valence-corrected chi connectivity index (χ2v) is 5.10. The first kappa shape index (κ1) is 15.2. The van der Waals surface area contributed by atoms with Crippen LogP contribution in [0.2, 0.25) is 0 Å².